The molecule has 0 fully saturated rings. The normalized spacial score (nSPS) is 15.7. The molecule has 0 bridgehead atoms. The molecule has 0 spiro atoms. The molecule has 0 amide bonds. The fourth-order valence-electron chi connectivity index (χ4n) is 5.19. The predicted octanol–water partition coefficient (Wildman–Crippen LogP) is 7.43. The molecule has 0 radical (unpaired) electrons. The van der Waals surface area contributed by atoms with Crippen LogP contribution < -0.4 is 9.64 Å². The smallest absolute Gasteiger partial charge is 0.205 e. The van der Waals surface area contributed by atoms with Crippen molar-refractivity contribution in [2.75, 3.05) is 11.4 Å². The summed E-state index contributed by atoms with van der Waals surface area (Å²) in [6, 6.07) is 44.0. The second-order valence-corrected chi connectivity index (χ2v) is 9.58. The van der Waals surface area contributed by atoms with Crippen LogP contribution in [0.1, 0.15) is 32.3 Å². The van der Waals surface area contributed by atoms with Gasteiger partial charge in [-0.25, -0.2) is 0 Å². The van der Waals surface area contributed by atoms with Crippen LogP contribution in [-0.4, -0.2) is 24.2 Å². The fraction of sp³-hybridized carbons (Fsp3) is 0.0857. The van der Waals surface area contributed by atoms with Gasteiger partial charge in [0.25, 0.3) is 0 Å². The third-order valence-corrected chi connectivity index (χ3v) is 7.15. The van der Waals surface area contributed by atoms with Gasteiger partial charge in [0.2, 0.25) is 5.78 Å². The third kappa shape index (κ3) is 4.97. The molecule has 6 rings (SSSR count). The number of carbonyl (C=O) groups is 2. The first-order chi connectivity index (χ1) is 19.2. The molecule has 5 aromatic rings. The number of rotatable bonds is 8. The van der Waals surface area contributed by atoms with Crippen molar-refractivity contribution in [2.45, 2.75) is 12.1 Å². The third-order valence-electron chi connectivity index (χ3n) is 7.15. The molecule has 4 nitrogen and oxygen atoms in total. The number of Topliss-reactive ketones (excluding diaryl/α,β-unsaturated/α-hetero) is 2. The second-order valence-electron chi connectivity index (χ2n) is 9.58. The van der Waals surface area contributed by atoms with Gasteiger partial charge in [-0.1, -0.05) is 121 Å². The van der Waals surface area contributed by atoms with Crippen LogP contribution in [0.3, 0.4) is 0 Å². The minimum absolute atomic E-state index is 0.0257. The molecule has 4 heteroatoms. The minimum Gasteiger partial charge on any atom is -0.479 e. The molecule has 2 unspecified atom stereocenters. The van der Waals surface area contributed by atoms with Gasteiger partial charge in [-0.15, -0.1) is 0 Å². The number of hydrogen-bond acceptors (Lipinski definition) is 4. The van der Waals surface area contributed by atoms with Gasteiger partial charge in [-0.05, 0) is 29.3 Å². The minimum atomic E-state index is -0.811. The summed E-state index contributed by atoms with van der Waals surface area (Å²) >= 11 is 0. The Morgan fingerprint density at radius 3 is 1.85 bits per heavy atom. The maximum atomic E-state index is 14.0. The molecular weight excluding hydrogens is 482 g/mol. The largest absolute Gasteiger partial charge is 0.479 e. The van der Waals surface area contributed by atoms with Crippen molar-refractivity contribution in [1.29, 1.82) is 0 Å². The number of hydrogen-bond donors (Lipinski definition) is 0. The Balaban J connectivity index is 1.37. The highest BCUT2D eigenvalue weighted by Gasteiger charge is 2.43. The van der Waals surface area contributed by atoms with Crippen molar-refractivity contribution < 1.29 is 14.3 Å². The Kier molecular flexibility index (Phi) is 6.75. The summed E-state index contributed by atoms with van der Waals surface area (Å²) in [5.41, 5.74) is 5.07. The SMILES string of the molecule is O=C(CN(c1ccccc1)C1c2ccccc2OC1C(=O)c1ccc(-c2ccccc2)cc1)c1ccccc1. The maximum Gasteiger partial charge on any atom is 0.205 e. The quantitative estimate of drug-likeness (QED) is 0.204. The lowest BCUT2D eigenvalue weighted by Crippen LogP contribution is -2.42. The van der Waals surface area contributed by atoms with E-state index in [4.69, 9.17) is 4.74 Å². The average Bonchev–Trinajstić information content (AvgIpc) is 3.40. The number of nitrogens with zero attached hydrogens (tertiary/aromatic N) is 1. The molecule has 2 atom stereocenters. The molecule has 0 aliphatic carbocycles. The number of ether oxygens (including phenoxy) is 1. The number of benzene rings is 5. The van der Waals surface area contributed by atoms with E-state index < -0.39 is 12.1 Å². The van der Waals surface area contributed by atoms with Crippen LogP contribution in [0.4, 0.5) is 5.69 Å². The molecule has 0 N–H and O–H groups in total. The average molecular weight is 510 g/mol. The van der Waals surface area contributed by atoms with Gasteiger partial charge in [0.15, 0.2) is 11.9 Å². The van der Waals surface area contributed by atoms with Gasteiger partial charge in [0, 0.05) is 22.4 Å². The highest BCUT2D eigenvalue weighted by molar-refractivity contribution is 6.02. The van der Waals surface area contributed by atoms with E-state index in [1.54, 1.807) is 0 Å². The first-order valence-electron chi connectivity index (χ1n) is 13.0. The Bertz CT molecular complexity index is 1580. The summed E-state index contributed by atoms with van der Waals surface area (Å²) in [5, 5.41) is 0. The van der Waals surface area contributed by atoms with Crippen LogP contribution in [0.2, 0.25) is 0 Å². The van der Waals surface area contributed by atoms with Gasteiger partial charge in [-0.2, -0.15) is 0 Å². The van der Waals surface area contributed by atoms with Crippen LogP contribution in [0.5, 0.6) is 5.75 Å². The van der Waals surface area contributed by atoms with Crippen molar-refractivity contribution in [3.8, 4) is 16.9 Å². The van der Waals surface area contributed by atoms with Gasteiger partial charge in [-0.3, -0.25) is 9.59 Å². The van der Waals surface area contributed by atoms with E-state index >= 15 is 0 Å². The van der Waals surface area contributed by atoms with Crippen LogP contribution >= 0.6 is 0 Å². The number of fused-ring (bicyclic) bond motifs is 1. The Morgan fingerprint density at radius 1 is 0.590 bits per heavy atom. The highest BCUT2D eigenvalue weighted by Crippen LogP contribution is 2.43. The molecule has 1 aliphatic rings. The second kappa shape index (κ2) is 10.8. The van der Waals surface area contributed by atoms with Gasteiger partial charge >= 0.3 is 0 Å². The van der Waals surface area contributed by atoms with E-state index in [1.165, 1.54) is 0 Å². The van der Waals surface area contributed by atoms with Gasteiger partial charge in [0.1, 0.15) is 11.8 Å². The zero-order valence-electron chi connectivity index (χ0n) is 21.3. The number of para-hydroxylation sites is 2. The molecule has 39 heavy (non-hydrogen) atoms. The summed E-state index contributed by atoms with van der Waals surface area (Å²) in [7, 11) is 0. The fourth-order valence-corrected chi connectivity index (χ4v) is 5.19. The van der Waals surface area contributed by atoms with Gasteiger partial charge in [0.05, 0.1) is 6.54 Å². The lowest BCUT2D eigenvalue weighted by Gasteiger charge is -2.33. The predicted molar refractivity (Wildman–Crippen MR) is 154 cm³/mol. The standard InChI is InChI=1S/C35H27NO3/c37-31(27-14-6-2-7-15-27)24-36(29-16-8-3-9-17-29)33-30-18-10-11-19-32(30)39-35(33)34(38)28-22-20-26(21-23-28)25-12-4-1-5-13-25/h1-23,33,35H,24H2. The Labute approximate surface area is 228 Å². The Hall–Kier alpha value is -4.96. The van der Waals surface area contributed by atoms with Crippen molar-refractivity contribution >= 4 is 17.3 Å². The molecule has 5 aromatic carbocycles. The Morgan fingerprint density at radius 2 is 1.15 bits per heavy atom. The number of anilines is 1. The summed E-state index contributed by atoms with van der Waals surface area (Å²) in [6.45, 7) is 0.104. The van der Waals surface area contributed by atoms with Crippen LogP contribution in [0.15, 0.2) is 140 Å². The summed E-state index contributed by atoms with van der Waals surface area (Å²) in [5.74, 6) is 0.515. The van der Waals surface area contributed by atoms with Crippen LogP contribution in [0, 0.1) is 0 Å². The monoisotopic (exact) mass is 509 g/mol. The molecule has 0 saturated heterocycles. The molecule has 0 aromatic heterocycles. The van der Waals surface area contributed by atoms with E-state index in [2.05, 4.69) is 0 Å². The highest BCUT2D eigenvalue weighted by atomic mass is 16.5. The first kappa shape index (κ1) is 24.4. The molecule has 1 aliphatic heterocycles. The van der Waals surface area contributed by atoms with E-state index in [0.717, 1.165) is 22.4 Å². The van der Waals surface area contributed by atoms with Crippen molar-refractivity contribution in [2.24, 2.45) is 0 Å². The van der Waals surface area contributed by atoms with Gasteiger partial charge < -0.3 is 9.64 Å². The van der Waals surface area contributed by atoms with Crippen LogP contribution in [-0.2, 0) is 0 Å². The van der Waals surface area contributed by atoms with Crippen LogP contribution in [0.25, 0.3) is 11.1 Å². The topological polar surface area (TPSA) is 46.6 Å². The number of carbonyl (C=O) groups excluding carboxylic acids is 2. The summed E-state index contributed by atoms with van der Waals surface area (Å²) in [6.07, 6.45) is -0.811. The molecule has 1 heterocycles. The molecule has 190 valence electrons. The van der Waals surface area contributed by atoms with Crippen molar-refractivity contribution in [1.82, 2.24) is 0 Å². The summed E-state index contributed by atoms with van der Waals surface area (Å²) in [4.78, 5) is 29.5. The van der Waals surface area contributed by atoms with E-state index in [9.17, 15) is 9.59 Å². The lowest BCUT2D eigenvalue weighted by molar-refractivity contribution is 0.0784. The summed E-state index contributed by atoms with van der Waals surface area (Å²) < 4.78 is 6.34. The maximum absolute atomic E-state index is 14.0. The number of ketones is 2. The zero-order chi connectivity index (χ0) is 26.6. The van der Waals surface area contributed by atoms with E-state index in [-0.39, 0.29) is 18.1 Å². The molecule has 0 saturated carbocycles. The first-order valence-corrected chi connectivity index (χ1v) is 13.0. The lowest BCUT2D eigenvalue weighted by atomic mass is 9.93. The van der Waals surface area contributed by atoms with E-state index in [0.29, 0.717) is 16.9 Å². The van der Waals surface area contributed by atoms with Crippen molar-refractivity contribution in [3.63, 3.8) is 0 Å². The zero-order valence-corrected chi connectivity index (χ0v) is 21.3. The molecular formula is C35H27NO3. The van der Waals surface area contributed by atoms with E-state index in [1.807, 2.05) is 144 Å². The van der Waals surface area contributed by atoms with Crippen molar-refractivity contribution in [3.05, 3.63) is 156 Å².